The molecular formula is C16H22N2. The lowest BCUT2D eigenvalue weighted by molar-refractivity contribution is 0.532. The Morgan fingerprint density at radius 2 is 1.89 bits per heavy atom. The molecule has 2 aromatic rings. The van der Waals surface area contributed by atoms with E-state index in [2.05, 4.69) is 48.9 Å². The Morgan fingerprint density at radius 3 is 2.56 bits per heavy atom. The van der Waals surface area contributed by atoms with E-state index in [1.165, 1.54) is 42.1 Å². The summed E-state index contributed by atoms with van der Waals surface area (Å²) in [6.07, 6.45) is 7.62. The van der Waals surface area contributed by atoms with Gasteiger partial charge < -0.3 is 10.3 Å². The van der Waals surface area contributed by atoms with Crippen molar-refractivity contribution in [1.29, 1.82) is 0 Å². The molecule has 1 aliphatic carbocycles. The lowest BCUT2D eigenvalue weighted by atomic mass is 9.95. The molecule has 1 aromatic heterocycles. The van der Waals surface area contributed by atoms with E-state index in [0.29, 0.717) is 6.04 Å². The van der Waals surface area contributed by atoms with Crippen molar-refractivity contribution in [3.8, 4) is 0 Å². The fourth-order valence-electron chi connectivity index (χ4n) is 3.05. The summed E-state index contributed by atoms with van der Waals surface area (Å²) in [5.41, 5.74) is 8.51. The van der Waals surface area contributed by atoms with Crippen LogP contribution < -0.4 is 5.73 Å². The highest BCUT2D eigenvalue weighted by Crippen LogP contribution is 2.33. The van der Waals surface area contributed by atoms with Gasteiger partial charge in [-0.15, -0.1) is 0 Å². The van der Waals surface area contributed by atoms with Crippen LogP contribution in [-0.4, -0.2) is 4.57 Å². The second-order valence-electron chi connectivity index (χ2n) is 6.16. The molecule has 2 N–H and O–H groups in total. The van der Waals surface area contributed by atoms with Crippen molar-refractivity contribution in [3.63, 3.8) is 0 Å². The van der Waals surface area contributed by atoms with Crippen molar-refractivity contribution in [3.05, 3.63) is 36.0 Å². The van der Waals surface area contributed by atoms with Gasteiger partial charge in [0.2, 0.25) is 0 Å². The minimum absolute atomic E-state index is 0.265. The summed E-state index contributed by atoms with van der Waals surface area (Å²) in [4.78, 5) is 0. The normalized spacial score (nSPS) is 17.7. The summed E-state index contributed by atoms with van der Waals surface area (Å²) in [5, 5.41) is 1.33. The molecule has 1 heterocycles. The number of hydrogen-bond donors (Lipinski definition) is 1. The number of fused-ring (bicyclic) bond motifs is 1. The van der Waals surface area contributed by atoms with E-state index in [0.717, 1.165) is 0 Å². The molecule has 1 aliphatic rings. The van der Waals surface area contributed by atoms with Gasteiger partial charge in [0.05, 0.1) is 0 Å². The van der Waals surface area contributed by atoms with Crippen LogP contribution in [0.25, 0.3) is 10.9 Å². The molecule has 0 saturated heterocycles. The van der Waals surface area contributed by atoms with Crippen molar-refractivity contribution in [2.24, 2.45) is 5.73 Å². The van der Waals surface area contributed by atoms with Crippen LogP contribution in [0.1, 0.15) is 51.1 Å². The molecule has 3 rings (SSSR count). The molecule has 0 amide bonds. The van der Waals surface area contributed by atoms with Crippen LogP contribution in [0.5, 0.6) is 0 Å². The summed E-state index contributed by atoms with van der Waals surface area (Å²) in [5.74, 6) is 0. The topological polar surface area (TPSA) is 30.9 Å². The Labute approximate surface area is 109 Å². The monoisotopic (exact) mass is 242 g/mol. The van der Waals surface area contributed by atoms with E-state index < -0.39 is 0 Å². The summed E-state index contributed by atoms with van der Waals surface area (Å²) in [7, 11) is 0. The van der Waals surface area contributed by atoms with Gasteiger partial charge in [-0.05, 0) is 49.8 Å². The van der Waals surface area contributed by atoms with Gasteiger partial charge in [0, 0.05) is 23.3 Å². The fourth-order valence-corrected chi connectivity index (χ4v) is 3.05. The molecule has 0 unspecified atom stereocenters. The van der Waals surface area contributed by atoms with Crippen LogP contribution in [0.2, 0.25) is 0 Å². The first-order chi connectivity index (χ1) is 8.55. The minimum Gasteiger partial charge on any atom is -0.344 e. The van der Waals surface area contributed by atoms with Gasteiger partial charge in [-0.2, -0.15) is 0 Å². The lowest BCUT2D eigenvalue weighted by Crippen LogP contribution is -2.28. The number of hydrogen-bond acceptors (Lipinski definition) is 1. The van der Waals surface area contributed by atoms with Crippen LogP contribution in [0.4, 0.5) is 0 Å². The maximum Gasteiger partial charge on any atom is 0.0486 e. The molecule has 18 heavy (non-hydrogen) atoms. The van der Waals surface area contributed by atoms with E-state index in [9.17, 15) is 0 Å². The molecule has 0 aliphatic heterocycles. The van der Waals surface area contributed by atoms with E-state index in [1.54, 1.807) is 0 Å². The van der Waals surface area contributed by atoms with Gasteiger partial charge in [0.25, 0.3) is 0 Å². The number of benzene rings is 1. The summed E-state index contributed by atoms with van der Waals surface area (Å²) >= 11 is 0. The van der Waals surface area contributed by atoms with Gasteiger partial charge in [0.15, 0.2) is 0 Å². The molecule has 0 atom stereocenters. The molecule has 1 saturated carbocycles. The smallest absolute Gasteiger partial charge is 0.0486 e. The number of nitrogens with two attached hydrogens (primary N) is 1. The predicted molar refractivity (Wildman–Crippen MR) is 76.7 cm³/mol. The highest BCUT2D eigenvalue weighted by Gasteiger charge is 2.20. The van der Waals surface area contributed by atoms with Gasteiger partial charge in [-0.3, -0.25) is 0 Å². The molecule has 2 heteroatoms. The average Bonchev–Trinajstić information content (AvgIpc) is 2.95. The first-order valence-corrected chi connectivity index (χ1v) is 6.96. The van der Waals surface area contributed by atoms with E-state index in [1.807, 2.05) is 0 Å². The van der Waals surface area contributed by atoms with Crippen LogP contribution in [0, 0.1) is 0 Å². The predicted octanol–water partition coefficient (Wildman–Crippen LogP) is 3.95. The molecule has 0 bridgehead atoms. The molecule has 2 nitrogen and oxygen atoms in total. The average molecular weight is 242 g/mol. The lowest BCUT2D eigenvalue weighted by Gasteiger charge is -2.20. The first kappa shape index (κ1) is 11.8. The summed E-state index contributed by atoms with van der Waals surface area (Å²) in [6, 6.07) is 9.54. The van der Waals surface area contributed by atoms with Gasteiger partial charge in [-0.1, -0.05) is 25.0 Å². The fraction of sp³-hybridized carbons (Fsp3) is 0.500. The molecule has 0 spiro atoms. The Bertz CT molecular complexity index is 554. The standard InChI is InChI=1S/C16H22N2/c1-16(2,17)13-8-7-12-9-10-18(15(12)11-13)14-5-3-4-6-14/h7-11,14H,3-6,17H2,1-2H3. The molecule has 0 radical (unpaired) electrons. The van der Waals surface area contributed by atoms with E-state index in [-0.39, 0.29) is 5.54 Å². The molecular weight excluding hydrogens is 220 g/mol. The zero-order valence-corrected chi connectivity index (χ0v) is 11.3. The minimum atomic E-state index is -0.265. The number of aromatic nitrogens is 1. The zero-order valence-electron chi connectivity index (χ0n) is 11.3. The molecule has 1 aromatic carbocycles. The molecule has 1 fully saturated rings. The second-order valence-corrected chi connectivity index (χ2v) is 6.16. The highest BCUT2D eigenvalue weighted by molar-refractivity contribution is 5.81. The van der Waals surface area contributed by atoms with E-state index in [4.69, 9.17) is 5.73 Å². The Kier molecular flexibility index (Phi) is 2.70. The van der Waals surface area contributed by atoms with Gasteiger partial charge in [-0.25, -0.2) is 0 Å². The zero-order chi connectivity index (χ0) is 12.8. The van der Waals surface area contributed by atoms with Crippen molar-refractivity contribution >= 4 is 10.9 Å². The third kappa shape index (κ3) is 1.95. The van der Waals surface area contributed by atoms with Crippen molar-refractivity contribution < 1.29 is 0 Å². The third-order valence-electron chi connectivity index (χ3n) is 4.19. The second kappa shape index (κ2) is 4.13. The maximum atomic E-state index is 6.21. The van der Waals surface area contributed by atoms with Gasteiger partial charge in [0.1, 0.15) is 0 Å². The van der Waals surface area contributed by atoms with Crippen molar-refractivity contribution in [1.82, 2.24) is 4.57 Å². The summed E-state index contributed by atoms with van der Waals surface area (Å²) < 4.78 is 2.46. The van der Waals surface area contributed by atoms with Crippen LogP contribution in [-0.2, 0) is 5.54 Å². The maximum absolute atomic E-state index is 6.21. The Hall–Kier alpha value is -1.28. The number of rotatable bonds is 2. The van der Waals surface area contributed by atoms with Crippen molar-refractivity contribution in [2.75, 3.05) is 0 Å². The Balaban J connectivity index is 2.10. The SMILES string of the molecule is CC(C)(N)c1ccc2ccn(C3CCCC3)c2c1. The first-order valence-electron chi connectivity index (χ1n) is 6.96. The summed E-state index contributed by atoms with van der Waals surface area (Å²) in [6.45, 7) is 4.13. The van der Waals surface area contributed by atoms with Crippen LogP contribution in [0.15, 0.2) is 30.5 Å². The third-order valence-corrected chi connectivity index (χ3v) is 4.19. The Morgan fingerprint density at radius 1 is 1.17 bits per heavy atom. The highest BCUT2D eigenvalue weighted by atomic mass is 15.0. The number of nitrogens with zero attached hydrogens (tertiary/aromatic N) is 1. The van der Waals surface area contributed by atoms with Crippen molar-refractivity contribution in [2.45, 2.75) is 51.1 Å². The molecule has 96 valence electrons. The van der Waals surface area contributed by atoms with Crippen LogP contribution >= 0.6 is 0 Å². The van der Waals surface area contributed by atoms with Crippen LogP contribution in [0.3, 0.4) is 0 Å². The van der Waals surface area contributed by atoms with E-state index >= 15 is 0 Å². The van der Waals surface area contributed by atoms with Gasteiger partial charge >= 0.3 is 0 Å². The largest absolute Gasteiger partial charge is 0.344 e. The quantitative estimate of drug-likeness (QED) is 0.849.